The molecule has 2 heterocycles. The Balaban J connectivity index is 2.09. The number of anilines is 2. The highest BCUT2D eigenvalue weighted by Gasteiger charge is 2.08. The summed E-state index contributed by atoms with van der Waals surface area (Å²) in [6.07, 6.45) is 1.59. The highest BCUT2D eigenvalue weighted by Crippen LogP contribution is 2.04. The van der Waals surface area contributed by atoms with E-state index < -0.39 is 0 Å². The summed E-state index contributed by atoms with van der Waals surface area (Å²) in [5.41, 5.74) is 2.51. The van der Waals surface area contributed by atoms with Crippen LogP contribution in [-0.2, 0) is 0 Å². The number of nitrogens with zero attached hydrogens (tertiary/aromatic N) is 3. The average Bonchev–Trinajstić information content (AvgIpc) is 2.40. The first kappa shape index (κ1) is 11.0. The number of carbonyl (C=O) groups excluding carboxylic acids is 1. The molecule has 0 aliphatic heterocycles. The third kappa shape index (κ3) is 2.73. The second kappa shape index (κ2) is 4.99. The third-order valence-corrected chi connectivity index (χ3v) is 1.95. The van der Waals surface area contributed by atoms with Gasteiger partial charge < -0.3 is 10.7 Å². The fourth-order valence-electron chi connectivity index (χ4n) is 1.15. The van der Waals surface area contributed by atoms with Crippen LogP contribution < -0.4 is 16.6 Å². The smallest absolute Gasteiger partial charge is 0.277 e. The molecular weight excluding hydrogens is 220 g/mol. The van der Waals surface area contributed by atoms with E-state index in [-0.39, 0.29) is 11.6 Å². The van der Waals surface area contributed by atoms with Crippen molar-refractivity contribution in [3.63, 3.8) is 0 Å². The van der Waals surface area contributed by atoms with Crippen LogP contribution in [0, 0.1) is 0 Å². The lowest BCUT2D eigenvalue weighted by atomic mass is 10.3. The molecule has 4 N–H and O–H groups in total. The fourth-order valence-corrected chi connectivity index (χ4v) is 1.15. The van der Waals surface area contributed by atoms with Crippen LogP contribution in [-0.4, -0.2) is 21.1 Å². The molecule has 0 atom stereocenters. The quantitative estimate of drug-likeness (QED) is 0.521. The monoisotopic (exact) mass is 230 g/mol. The Hall–Kier alpha value is -2.54. The summed E-state index contributed by atoms with van der Waals surface area (Å²) >= 11 is 0. The molecule has 2 rings (SSSR count). The zero-order valence-corrected chi connectivity index (χ0v) is 8.79. The fraction of sp³-hybridized carbons (Fsp3) is 0. The number of rotatable bonds is 3. The molecule has 2 aromatic rings. The molecule has 1 amide bonds. The van der Waals surface area contributed by atoms with E-state index in [0.717, 1.165) is 0 Å². The van der Waals surface area contributed by atoms with Gasteiger partial charge in [0.25, 0.3) is 5.91 Å². The number of nitrogen functional groups attached to an aromatic ring is 1. The van der Waals surface area contributed by atoms with Crippen molar-refractivity contribution in [3.8, 4) is 0 Å². The standard InChI is InChI=1S/C10H10N6O/c11-14-9-5-4-7(15-16-9)10(17)13-8-3-1-2-6-12-8/h1-6H,11H2,(H,14,16)(H,12,13,17). The first-order valence-corrected chi connectivity index (χ1v) is 4.82. The molecule has 0 unspecified atom stereocenters. The minimum absolute atomic E-state index is 0.189. The zero-order chi connectivity index (χ0) is 12.1. The topological polar surface area (TPSA) is 106 Å². The van der Waals surface area contributed by atoms with Crippen LogP contribution in [0.1, 0.15) is 10.5 Å². The van der Waals surface area contributed by atoms with Gasteiger partial charge in [0.1, 0.15) is 5.82 Å². The van der Waals surface area contributed by atoms with Crippen molar-refractivity contribution in [2.45, 2.75) is 0 Å². The molecule has 0 radical (unpaired) electrons. The van der Waals surface area contributed by atoms with E-state index in [1.54, 1.807) is 30.5 Å². The van der Waals surface area contributed by atoms with Gasteiger partial charge in [-0.05, 0) is 24.3 Å². The highest BCUT2D eigenvalue weighted by molar-refractivity contribution is 6.02. The Labute approximate surface area is 97.1 Å². The molecule has 7 heteroatoms. The number of carbonyl (C=O) groups is 1. The Morgan fingerprint density at radius 1 is 1.12 bits per heavy atom. The summed E-state index contributed by atoms with van der Waals surface area (Å²) in [6.45, 7) is 0. The van der Waals surface area contributed by atoms with Crippen molar-refractivity contribution in [3.05, 3.63) is 42.2 Å². The number of nitrogens with one attached hydrogen (secondary N) is 2. The zero-order valence-electron chi connectivity index (χ0n) is 8.79. The number of hydrazine groups is 1. The van der Waals surface area contributed by atoms with E-state index in [4.69, 9.17) is 5.84 Å². The number of aromatic nitrogens is 3. The van der Waals surface area contributed by atoms with Gasteiger partial charge in [-0.3, -0.25) is 4.79 Å². The van der Waals surface area contributed by atoms with Crippen LogP contribution in [0.2, 0.25) is 0 Å². The van der Waals surface area contributed by atoms with Crippen molar-refractivity contribution in [1.29, 1.82) is 0 Å². The van der Waals surface area contributed by atoms with Gasteiger partial charge in [0.2, 0.25) is 0 Å². The predicted octanol–water partition coefficient (Wildman–Crippen LogP) is 0.409. The molecule has 7 nitrogen and oxygen atoms in total. The lowest BCUT2D eigenvalue weighted by Crippen LogP contribution is -2.16. The van der Waals surface area contributed by atoms with Crippen molar-refractivity contribution < 1.29 is 4.79 Å². The first-order valence-electron chi connectivity index (χ1n) is 4.82. The molecule has 0 spiro atoms. The second-order valence-electron chi connectivity index (χ2n) is 3.12. The molecule has 17 heavy (non-hydrogen) atoms. The lowest BCUT2D eigenvalue weighted by molar-refractivity contribution is 0.102. The third-order valence-electron chi connectivity index (χ3n) is 1.95. The molecule has 86 valence electrons. The SMILES string of the molecule is NNc1ccc(C(=O)Nc2ccccn2)nn1. The number of nitrogens with two attached hydrogens (primary N) is 1. The molecule has 0 saturated carbocycles. The highest BCUT2D eigenvalue weighted by atomic mass is 16.2. The van der Waals surface area contributed by atoms with Gasteiger partial charge in [0, 0.05) is 6.20 Å². The summed E-state index contributed by atoms with van der Waals surface area (Å²) in [7, 11) is 0. The Morgan fingerprint density at radius 2 is 2.00 bits per heavy atom. The van der Waals surface area contributed by atoms with E-state index in [1.807, 2.05) is 0 Å². The summed E-state index contributed by atoms with van der Waals surface area (Å²) in [5.74, 6) is 5.61. The normalized spacial score (nSPS) is 9.71. The number of amides is 1. The largest absolute Gasteiger partial charge is 0.307 e. The van der Waals surface area contributed by atoms with Crippen molar-refractivity contribution in [2.75, 3.05) is 10.7 Å². The van der Waals surface area contributed by atoms with Gasteiger partial charge in [-0.25, -0.2) is 10.8 Å². The average molecular weight is 230 g/mol. The Morgan fingerprint density at radius 3 is 2.59 bits per heavy atom. The van der Waals surface area contributed by atoms with Gasteiger partial charge in [0.15, 0.2) is 11.5 Å². The van der Waals surface area contributed by atoms with Crippen LogP contribution >= 0.6 is 0 Å². The Kier molecular flexibility index (Phi) is 3.22. The van der Waals surface area contributed by atoms with E-state index in [2.05, 4.69) is 25.9 Å². The van der Waals surface area contributed by atoms with E-state index in [1.165, 1.54) is 6.07 Å². The van der Waals surface area contributed by atoms with Crippen molar-refractivity contribution in [2.24, 2.45) is 5.84 Å². The maximum atomic E-state index is 11.7. The van der Waals surface area contributed by atoms with Gasteiger partial charge in [-0.1, -0.05) is 6.07 Å². The van der Waals surface area contributed by atoms with Gasteiger partial charge in [-0.2, -0.15) is 0 Å². The molecule has 0 fully saturated rings. The molecular formula is C10H10N6O. The van der Waals surface area contributed by atoms with Crippen LogP contribution in [0.15, 0.2) is 36.5 Å². The maximum Gasteiger partial charge on any atom is 0.277 e. The molecule has 0 saturated heterocycles. The summed E-state index contributed by atoms with van der Waals surface area (Å²) < 4.78 is 0. The molecule has 0 aromatic carbocycles. The summed E-state index contributed by atoms with van der Waals surface area (Å²) in [4.78, 5) is 15.7. The van der Waals surface area contributed by atoms with E-state index in [0.29, 0.717) is 11.6 Å². The van der Waals surface area contributed by atoms with Crippen molar-refractivity contribution >= 4 is 17.5 Å². The predicted molar refractivity (Wildman–Crippen MR) is 62.0 cm³/mol. The minimum Gasteiger partial charge on any atom is -0.307 e. The number of hydrogen-bond acceptors (Lipinski definition) is 6. The van der Waals surface area contributed by atoms with Gasteiger partial charge >= 0.3 is 0 Å². The molecule has 0 aliphatic carbocycles. The van der Waals surface area contributed by atoms with Crippen LogP contribution in [0.5, 0.6) is 0 Å². The lowest BCUT2D eigenvalue weighted by Gasteiger charge is -2.03. The van der Waals surface area contributed by atoms with E-state index in [9.17, 15) is 4.79 Å². The molecule has 2 aromatic heterocycles. The maximum absolute atomic E-state index is 11.7. The summed E-state index contributed by atoms with van der Waals surface area (Å²) in [6, 6.07) is 8.29. The van der Waals surface area contributed by atoms with Crippen molar-refractivity contribution in [1.82, 2.24) is 15.2 Å². The number of hydrogen-bond donors (Lipinski definition) is 3. The second-order valence-corrected chi connectivity index (χ2v) is 3.12. The van der Waals surface area contributed by atoms with Gasteiger partial charge in [-0.15, -0.1) is 10.2 Å². The van der Waals surface area contributed by atoms with Gasteiger partial charge in [0.05, 0.1) is 0 Å². The summed E-state index contributed by atoms with van der Waals surface area (Å²) in [5, 5.41) is 10.00. The molecule has 0 aliphatic rings. The first-order chi connectivity index (χ1) is 8.29. The number of pyridine rings is 1. The van der Waals surface area contributed by atoms with E-state index >= 15 is 0 Å². The Bertz CT molecular complexity index is 498. The minimum atomic E-state index is -0.375. The molecule has 0 bridgehead atoms. The van der Waals surface area contributed by atoms with Crippen LogP contribution in [0.25, 0.3) is 0 Å². The van der Waals surface area contributed by atoms with Crippen LogP contribution in [0.3, 0.4) is 0 Å². The van der Waals surface area contributed by atoms with Crippen LogP contribution in [0.4, 0.5) is 11.6 Å².